The van der Waals surface area contributed by atoms with Crippen LogP contribution >= 0.6 is 0 Å². The Hall–Kier alpha value is -3.59. The maximum Gasteiger partial charge on any atom is 0.257 e. The number of amides is 1. The lowest BCUT2D eigenvalue weighted by Gasteiger charge is -2.44. The zero-order valence-corrected chi connectivity index (χ0v) is 19.7. The quantitative estimate of drug-likeness (QED) is 0.534. The van der Waals surface area contributed by atoms with Crippen molar-refractivity contribution in [1.82, 2.24) is 9.88 Å². The highest BCUT2D eigenvalue weighted by atomic mass is 16.3. The monoisotopic (exact) mass is 442 g/mol. The van der Waals surface area contributed by atoms with Gasteiger partial charge in [0.1, 0.15) is 18.2 Å². The Labute approximate surface area is 195 Å². The molecule has 1 atom stereocenters. The van der Waals surface area contributed by atoms with Gasteiger partial charge in [0, 0.05) is 25.2 Å². The molecule has 0 aliphatic carbocycles. The van der Waals surface area contributed by atoms with Crippen molar-refractivity contribution in [2.24, 2.45) is 5.92 Å². The van der Waals surface area contributed by atoms with E-state index in [1.54, 1.807) is 6.07 Å². The van der Waals surface area contributed by atoms with Crippen LogP contribution in [0.2, 0.25) is 0 Å². The second-order valence-corrected chi connectivity index (χ2v) is 9.19. The molecule has 0 N–H and O–H groups in total. The van der Waals surface area contributed by atoms with E-state index in [1.807, 2.05) is 29.2 Å². The molecule has 33 heavy (non-hydrogen) atoms. The summed E-state index contributed by atoms with van der Waals surface area (Å²) in [6.45, 7) is 10.3. The van der Waals surface area contributed by atoms with Crippen molar-refractivity contribution in [3.8, 4) is 17.2 Å². The van der Waals surface area contributed by atoms with Gasteiger partial charge in [-0.25, -0.2) is 4.98 Å². The number of piperazine rings is 1. The molecular formula is C27H30N4O2. The normalized spacial score (nSPS) is 16.3. The molecule has 2 aromatic heterocycles. The highest BCUT2D eigenvalue weighted by molar-refractivity contribution is 5.94. The van der Waals surface area contributed by atoms with E-state index in [4.69, 9.17) is 9.40 Å². The molecule has 1 saturated heterocycles. The smallest absolute Gasteiger partial charge is 0.257 e. The molecule has 4 rings (SSSR count). The van der Waals surface area contributed by atoms with Crippen molar-refractivity contribution in [2.45, 2.75) is 39.7 Å². The summed E-state index contributed by atoms with van der Waals surface area (Å²) >= 11 is 0. The van der Waals surface area contributed by atoms with Crippen LogP contribution in [-0.4, -0.2) is 41.5 Å². The maximum atomic E-state index is 13.1. The van der Waals surface area contributed by atoms with Gasteiger partial charge >= 0.3 is 0 Å². The molecule has 1 fully saturated rings. The summed E-state index contributed by atoms with van der Waals surface area (Å²) in [4.78, 5) is 22.2. The van der Waals surface area contributed by atoms with Crippen LogP contribution in [-0.2, 0) is 0 Å². The second-order valence-electron chi connectivity index (χ2n) is 9.19. The lowest BCUT2D eigenvalue weighted by atomic mass is 9.95. The van der Waals surface area contributed by atoms with Crippen molar-refractivity contribution in [3.63, 3.8) is 0 Å². The van der Waals surface area contributed by atoms with Crippen LogP contribution in [0, 0.1) is 17.2 Å². The third-order valence-corrected chi connectivity index (χ3v) is 6.30. The van der Waals surface area contributed by atoms with E-state index in [1.165, 1.54) is 12.5 Å². The molecule has 6 nitrogen and oxygen atoms in total. The zero-order valence-electron chi connectivity index (χ0n) is 19.7. The fourth-order valence-electron chi connectivity index (χ4n) is 4.51. The van der Waals surface area contributed by atoms with Gasteiger partial charge in [0.15, 0.2) is 0 Å². The van der Waals surface area contributed by atoms with E-state index in [0.717, 1.165) is 16.8 Å². The first-order chi connectivity index (χ1) is 15.9. The minimum atomic E-state index is -0.0159. The highest BCUT2D eigenvalue weighted by Gasteiger charge is 2.35. The number of pyridine rings is 1. The van der Waals surface area contributed by atoms with Crippen LogP contribution in [0.5, 0.6) is 0 Å². The lowest BCUT2D eigenvalue weighted by molar-refractivity contribution is 0.0598. The van der Waals surface area contributed by atoms with Gasteiger partial charge in [-0.05, 0) is 29.5 Å². The van der Waals surface area contributed by atoms with E-state index in [9.17, 15) is 10.1 Å². The van der Waals surface area contributed by atoms with E-state index in [2.05, 4.69) is 50.8 Å². The van der Waals surface area contributed by atoms with E-state index >= 15 is 0 Å². The summed E-state index contributed by atoms with van der Waals surface area (Å²) in [7, 11) is 0. The van der Waals surface area contributed by atoms with Crippen molar-refractivity contribution < 1.29 is 9.21 Å². The van der Waals surface area contributed by atoms with Crippen molar-refractivity contribution in [1.29, 1.82) is 5.26 Å². The molecule has 3 aromatic rings. The number of nitriles is 1. The largest absolute Gasteiger partial charge is 0.472 e. The number of hydrogen-bond donors (Lipinski definition) is 0. The van der Waals surface area contributed by atoms with Crippen LogP contribution in [0.3, 0.4) is 0 Å². The Balaban J connectivity index is 1.70. The number of aromatic nitrogens is 1. The first kappa shape index (κ1) is 22.6. The first-order valence-corrected chi connectivity index (χ1v) is 11.5. The number of hydrogen-bond acceptors (Lipinski definition) is 5. The van der Waals surface area contributed by atoms with Crippen LogP contribution < -0.4 is 4.90 Å². The molecule has 1 amide bonds. The summed E-state index contributed by atoms with van der Waals surface area (Å²) in [5, 5.41) is 10.00. The van der Waals surface area contributed by atoms with E-state index in [0.29, 0.717) is 36.6 Å². The molecule has 1 aromatic carbocycles. The van der Waals surface area contributed by atoms with Gasteiger partial charge in [-0.1, -0.05) is 58.0 Å². The van der Waals surface area contributed by atoms with E-state index < -0.39 is 0 Å². The van der Waals surface area contributed by atoms with Crippen LogP contribution in [0.1, 0.15) is 55.2 Å². The molecule has 0 bridgehead atoms. The Morgan fingerprint density at radius 3 is 2.52 bits per heavy atom. The Morgan fingerprint density at radius 1 is 1.15 bits per heavy atom. The molecule has 0 saturated carbocycles. The van der Waals surface area contributed by atoms with Gasteiger partial charge in [-0.3, -0.25) is 4.79 Å². The third-order valence-electron chi connectivity index (χ3n) is 6.30. The second kappa shape index (κ2) is 9.50. The summed E-state index contributed by atoms with van der Waals surface area (Å²) in [6, 6.07) is 16.2. The highest BCUT2D eigenvalue weighted by Crippen LogP contribution is 2.34. The predicted molar refractivity (Wildman–Crippen MR) is 129 cm³/mol. The van der Waals surface area contributed by atoms with E-state index in [-0.39, 0.29) is 23.8 Å². The summed E-state index contributed by atoms with van der Waals surface area (Å²) < 4.78 is 5.12. The van der Waals surface area contributed by atoms with Gasteiger partial charge in [-0.15, -0.1) is 0 Å². The number of carbonyl (C=O) groups excluding carboxylic acids is 1. The number of benzene rings is 1. The van der Waals surface area contributed by atoms with Crippen molar-refractivity contribution in [3.05, 3.63) is 71.8 Å². The average molecular weight is 443 g/mol. The molecule has 3 heterocycles. The van der Waals surface area contributed by atoms with Crippen LogP contribution in [0.25, 0.3) is 11.1 Å². The Kier molecular flexibility index (Phi) is 6.50. The Bertz CT molecular complexity index is 1150. The zero-order chi connectivity index (χ0) is 23.5. The molecule has 1 aliphatic rings. The van der Waals surface area contributed by atoms with Gasteiger partial charge in [0.25, 0.3) is 5.91 Å². The number of nitrogens with zero attached hydrogens (tertiary/aromatic N) is 4. The third kappa shape index (κ3) is 4.49. The summed E-state index contributed by atoms with van der Waals surface area (Å²) in [5.41, 5.74) is 4.18. The summed E-state index contributed by atoms with van der Waals surface area (Å²) in [6.07, 6.45) is 3.03. The number of anilines is 1. The van der Waals surface area contributed by atoms with Crippen LogP contribution in [0.15, 0.2) is 59.4 Å². The minimum absolute atomic E-state index is 0.00536. The number of rotatable bonds is 5. The number of furan rings is 1. The van der Waals surface area contributed by atoms with Crippen molar-refractivity contribution in [2.75, 3.05) is 24.5 Å². The standard InChI is InChI=1S/C27H30N4O2/c1-18(2)24-16-30(11-12-31(24)27(32)21-10-13-33-17-21)26-22(15-28)14-23(25(29-26)19(3)4)20-8-6-5-7-9-20/h5-10,13-14,17-19,24H,11-12,16H2,1-4H3. The molecule has 0 spiro atoms. The predicted octanol–water partition coefficient (Wildman–Crippen LogP) is 5.32. The number of carbonyl (C=O) groups is 1. The molecular weight excluding hydrogens is 412 g/mol. The van der Waals surface area contributed by atoms with Gasteiger partial charge in [0.05, 0.1) is 29.1 Å². The molecule has 1 unspecified atom stereocenters. The van der Waals surface area contributed by atoms with Gasteiger partial charge in [0.2, 0.25) is 0 Å². The van der Waals surface area contributed by atoms with Crippen LogP contribution in [0.4, 0.5) is 5.82 Å². The fraction of sp³-hybridized carbons (Fsp3) is 0.370. The molecule has 6 heteroatoms. The van der Waals surface area contributed by atoms with Gasteiger partial charge < -0.3 is 14.2 Å². The lowest BCUT2D eigenvalue weighted by Crippen LogP contribution is -2.57. The molecule has 1 aliphatic heterocycles. The average Bonchev–Trinajstić information content (AvgIpc) is 3.38. The fourth-order valence-corrected chi connectivity index (χ4v) is 4.51. The topological polar surface area (TPSA) is 73.4 Å². The van der Waals surface area contributed by atoms with Crippen molar-refractivity contribution >= 4 is 11.7 Å². The molecule has 0 radical (unpaired) electrons. The van der Waals surface area contributed by atoms with Gasteiger partial charge in [-0.2, -0.15) is 5.26 Å². The first-order valence-electron chi connectivity index (χ1n) is 11.5. The Morgan fingerprint density at radius 2 is 1.91 bits per heavy atom. The summed E-state index contributed by atoms with van der Waals surface area (Å²) in [5.74, 6) is 1.15. The minimum Gasteiger partial charge on any atom is -0.472 e. The molecule has 170 valence electrons. The SMILES string of the molecule is CC(C)c1nc(N2CCN(C(=O)c3ccoc3)C(C(C)C)C2)c(C#N)cc1-c1ccccc1. The maximum absolute atomic E-state index is 13.1.